The molecule has 1 atom stereocenters. The Kier molecular flexibility index (Phi) is 22.0. The Morgan fingerprint density at radius 2 is 0.720 bits per heavy atom. The van der Waals surface area contributed by atoms with E-state index in [2.05, 4.69) is 20.8 Å². The second kappa shape index (κ2) is 22.0. The van der Waals surface area contributed by atoms with Crippen LogP contribution in [-0.2, 0) is 0 Å². The molecule has 0 saturated heterocycles. The van der Waals surface area contributed by atoms with Gasteiger partial charge >= 0.3 is 0 Å². The summed E-state index contributed by atoms with van der Waals surface area (Å²) in [5.74, 6) is 0.911. The van der Waals surface area contributed by atoms with Crippen LogP contribution in [0.4, 0.5) is 0 Å². The largest absolute Gasteiger partial charge is 0.0654 e. The Hall–Kier alpha value is 0. The molecular weight excluding hydrogens is 300 g/mol. The fraction of sp³-hybridized carbons (Fsp3) is 0.960. The van der Waals surface area contributed by atoms with E-state index in [4.69, 9.17) is 0 Å². The van der Waals surface area contributed by atoms with Gasteiger partial charge in [-0.25, -0.2) is 0 Å². The standard InChI is InChI=1S/C25H51/c1-4-7-9-11-12-13-14-15-16-17-18-20-22-24-25(6-3)23-21-19-10-8-5-2/h25H,3-24H2,1-2H3. The third-order valence-electron chi connectivity index (χ3n) is 5.84. The molecule has 0 aliphatic heterocycles. The monoisotopic (exact) mass is 351 g/mol. The van der Waals surface area contributed by atoms with E-state index in [0.717, 1.165) is 12.3 Å². The van der Waals surface area contributed by atoms with Crippen molar-refractivity contribution < 1.29 is 0 Å². The summed E-state index contributed by atoms with van der Waals surface area (Å²) in [6.45, 7) is 8.78. The van der Waals surface area contributed by atoms with Crippen molar-refractivity contribution in [1.29, 1.82) is 0 Å². The molecular formula is C25H51. The van der Waals surface area contributed by atoms with Crippen molar-refractivity contribution in [3.8, 4) is 0 Å². The van der Waals surface area contributed by atoms with Crippen LogP contribution in [0.2, 0.25) is 0 Å². The summed E-state index contributed by atoms with van der Waals surface area (Å²) in [5.41, 5.74) is 0. The molecule has 0 rings (SSSR count). The fourth-order valence-electron chi connectivity index (χ4n) is 3.92. The molecule has 0 spiro atoms. The Balaban J connectivity index is 3.22. The molecule has 0 nitrogen and oxygen atoms in total. The molecule has 0 aliphatic rings. The lowest BCUT2D eigenvalue weighted by Crippen LogP contribution is -1.99. The number of rotatable bonds is 21. The maximum atomic E-state index is 4.18. The molecule has 0 aromatic heterocycles. The van der Waals surface area contributed by atoms with Crippen LogP contribution in [0.25, 0.3) is 0 Å². The lowest BCUT2D eigenvalue weighted by Gasteiger charge is -2.14. The first-order valence-electron chi connectivity index (χ1n) is 12.1. The molecule has 0 fully saturated rings. The molecule has 0 heterocycles. The molecule has 0 aliphatic carbocycles. The molecule has 151 valence electrons. The zero-order valence-corrected chi connectivity index (χ0v) is 18.1. The highest BCUT2D eigenvalue weighted by Crippen LogP contribution is 2.21. The first kappa shape index (κ1) is 25.0. The van der Waals surface area contributed by atoms with Crippen LogP contribution in [0.1, 0.15) is 149 Å². The maximum Gasteiger partial charge on any atom is -0.0414 e. The third-order valence-corrected chi connectivity index (χ3v) is 5.84. The average molecular weight is 352 g/mol. The predicted molar refractivity (Wildman–Crippen MR) is 117 cm³/mol. The SMILES string of the molecule is [CH2]CC(CCCCCCC)CCCCCCCCCCCCCCC. The van der Waals surface area contributed by atoms with E-state index in [0.29, 0.717) is 0 Å². The molecule has 0 amide bonds. The molecule has 0 aromatic rings. The van der Waals surface area contributed by atoms with Crippen LogP contribution in [-0.4, -0.2) is 0 Å². The van der Waals surface area contributed by atoms with Gasteiger partial charge in [-0.05, 0) is 5.92 Å². The Bertz CT molecular complexity index is 220. The van der Waals surface area contributed by atoms with Gasteiger partial charge in [0.2, 0.25) is 0 Å². The highest BCUT2D eigenvalue weighted by atomic mass is 14.1. The molecule has 1 radical (unpaired) electrons. The van der Waals surface area contributed by atoms with Crippen LogP contribution < -0.4 is 0 Å². The van der Waals surface area contributed by atoms with Crippen molar-refractivity contribution in [3.63, 3.8) is 0 Å². The van der Waals surface area contributed by atoms with Crippen molar-refractivity contribution >= 4 is 0 Å². The molecule has 0 saturated carbocycles. The van der Waals surface area contributed by atoms with Gasteiger partial charge in [-0.1, -0.05) is 156 Å². The van der Waals surface area contributed by atoms with Gasteiger partial charge < -0.3 is 0 Å². The van der Waals surface area contributed by atoms with Gasteiger partial charge in [0.25, 0.3) is 0 Å². The lowest BCUT2D eigenvalue weighted by molar-refractivity contribution is 0.405. The second-order valence-corrected chi connectivity index (χ2v) is 8.39. The summed E-state index contributed by atoms with van der Waals surface area (Å²) in [7, 11) is 0. The van der Waals surface area contributed by atoms with Crippen molar-refractivity contribution in [1.82, 2.24) is 0 Å². The minimum absolute atomic E-state index is 0.911. The quantitative estimate of drug-likeness (QED) is 0.180. The van der Waals surface area contributed by atoms with Crippen LogP contribution in [0.3, 0.4) is 0 Å². The lowest BCUT2D eigenvalue weighted by atomic mass is 9.92. The highest BCUT2D eigenvalue weighted by molar-refractivity contribution is 4.62. The highest BCUT2D eigenvalue weighted by Gasteiger charge is 2.05. The summed E-state index contributed by atoms with van der Waals surface area (Å²) in [6.07, 6.45) is 30.1. The van der Waals surface area contributed by atoms with E-state index in [-0.39, 0.29) is 0 Å². The van der Waals surface area contributed by atoms with Gasteiger partial charge in [0.1, 0.15) is 0 Å². The zero-order chi connectivity index (χ0) is 18.4. The zero-order valence-electron chi connectivity index (χ0n) is 18.1. The minimum Gasteiger partial charge on any atom is -0.0654 e. The molecule has 1 unspecified atom stereocenters. The molecule has 0 aromatic carbocycles. The summed E-state index contributed by atoms with van der Waals surface area (Å²) < 4.78 is 0. The topological polar surface area (TPSA) is 0 Å². The Morgan fingerprint density at radius 1 is 0.440 bits per heavy atom. The summed E-state index contributed by atoms with van der Waals surface area (Å²) in [4.78, 5) is 0. The van der Waals surface area contributed by atoms with E-state index in [1.54, 1.807) is 0 Å². The maximum absolute atomic E-state index is 4.18. The summed E-state index contributed by atoms with van der Waals surface area (Å²) in [6, 6.07) is 0. The van der Waals surface area contributed by atoms with Crippen LogP contribution in [0.5, 0.6) is 0 Å². The van der Waals surface area contributed by atoms with E-state index in [9.17, 15) is 0 Å². The van der Waals surface area contributed by atoms with Crippen LogP contribution in [0.15, 0.2) is 0 Å². The van der Waals surface area contributed by atoms with Gasteiger partial charge in [0, 0.05) is 0 Å². The first-order chi connectivity index (χ1) is 12.3. The van der Waals surface area contributed by atoms with Gasteiger partial charge in [0.15, 0.2) is 0 Å². The van der Waals surface area contributed by atoms with Crippen molar-refractivity contribution in [2.75, 3.05) is 0 Å². The fourth-order valence-corrected chi connectivity index (χ4v) is 3.92. The number of hydrogen-bond acceptors (Lipinski definition) is 0. The predicted octanol–water partition coefficient (Wildman–Crippen LogP) is 9.67. The van der Waals surface area contributed by atoms with Gasteiger partial charge in [-0.15, -0.1) is 0 Å². The Labute approximate surface area is 161 Å². The van der Waals surface area contributed by atoms with E-state index >= 15 is 0 Å². The number of unbranched alkanes of at least 4 members (excludes halogenated alkanes) is 16. The summed E-state index contributed by atoms with van der Waals surface area (Å²) >= 11 is 0. The molecule has 25 heavy (non-hydrogen) atoms. The van der Waals surface area contributed by atoms with Crippen molar-refractivity contribution in [3.05, 3.63) is 6.92 Å². The number of hydrogen-bond donors (Lipinski definition) is 0. The van der Waals surface area contributed by atoms with Gasteiger partial charge in [-0.2, -0.15) is 0 Å². The van der Waals surface area contributed by atoms with E-state index in [1.165, 1.54) is 128 Å². The molecule has 0 heteroatoms. The first-order valence-corrected chi connectivity index (χ1v) is 12.1. The average Bonchev–Trinajstić information content (AvgIpc) is 2.63. The van der Waals surface area contributed by atoms with E-state index in [1.807, 2.05) is 0 Å². The van der Waals surface area contributed by atoms with Crippen molar-refractivity contribution in [2.24, 2.45) is 5.92 Å². The Morgan fingerprint density at radius 3 is 1.00 bits per heavy atom. The van der Waals surface area contributed by atoms with Crippen LogP contribution in [0, 0.1) is 12.8 Å². The molecule has 0 N–H and O–H groups in total. The smallest absolute Gasteiger partial charge is 0.0414 e. The van der Waals surface area contributed by atoms with Crippen molar-refractivity contribution in [2.45, 2.75) is 149 Å². The minimum atomic E-state index is 0.911. The van der Waals surface area contributed by atoms with Crippen LogP contribution >= 0.6 is 0 Å². The second-order valence-electron chi connectivity index (χ2n) is 8.39. The third kappa shape index (κ3) is 20.2. The molecule has 0 bridgehead atoms. The van der Waals surface area contributed by atoms with E-state index < -0.39 is 0 Å². The summed E-state index contributed by atoms with van der Waals surface area (Å²) in [5, 5.41) is 0. The normalized spacial score (nSPS) is 12.6. The van der Waals surface area contributed by atoms with Gasteiger partial charge in [-0.3, -0.25) is 0 Å². The van der Waals surface area contributed by atoms with Gasteiger partial charge in [0.05, 0.1) is 0 Å².